The maximum atomic E-state index is 13.1. The second-order valence-corrected chi connectivity index (χ2v) is 5.72. The van der Waals surface area contributed by atoms with E-state index in [1.165, 1.54) is 11.6 Å². The maximum absolute atomic E-state index is 13.1. The molecule has 2 rings (SSSR count). The van der Waals surface area contributed by atoms with Gasteiger partial charge < -0.3 is 5.11 Å². The van der Waals surface area contributed by atoms with Crippen LogP contribution < -0.4 is 0 Å². The standard InChI is InChI=1S/C16H22FNO2/c1-12-10-15(17)4-3-14(12)11-18-8-6-13(7-9-18)2-5-16(19)20/h3-4,10,13H,2,5-9,11H2,1H3,(H,19,20). The van der Waals surface area contributed by atoms with E-state index in [4.69, 9.17) is 5.11 Å². The van der Waals surface area contributed by atoms with Gasteiger partial charge in [0, 0.05) is 13.0 Å². The fraction of sp³-hybridized carbons (Fsp3) is 0.562. The van der Waals surface area contributed by atoms with Gasteiger partial charge in [-0.3, -0.25) is 9.69 Å². The number of carboxylic acids is 1. The fourth-order valence-electron chi connectivity index (χ4n) is 2.84. The average Bonchev–Trinajstić information content (AvgIpc) is 2.41. The Hall–Kier alpha value is -1.42. The summed E-state index contributed by atoms with van der Waals surface area (Å²) in [4.78, 5) is 12.9. The lowest BCUT2D eigenvalue weighted by atomic mass is 9.92. The minimum absolute atomic E-state index is 0.182. The number of hydrogen-bond donors (Lipinski definition) is 1. The number of aliphatic carboxylic acids is 1. The zero-order valence-electron chi connectivity index (χ0n) is 11.9. The first-order valence-corrected chi connectivity index (χ1v) is 7.24. The molecule has 0 unspecified atom stereocenters. The topological polar surface area (TPSA) is 40.5 Å². The first kappa shape index (κ1) is 15.0. The number of hydrogen-bond acceptors (Lipinski definition) is 2. The molecular formula is C16H22FNO2. The maximum Gasteiger partial charge on any atom is 0.303 e. The molecule has 1 aliphatic rings. The fourth-order valence-corrected chi connectivity index (χ4v) is 2.84. The molecule has 1 N–H and O–H groups in total. The van der Waals surface area contributed by atoms with Crippen molar-refractivity contribution >= 4 is 5.97 Å². The Morgan fingerprint density at radius 1 is 1.40 bits per heavy atom. The minimum Gasteiger partial charge on any atom is -0.481 e. The zero-order valence-corrected chi connectivity index (χ0v) is 11.9. The van der Waals surface area contributed by atoms with E-state index >= 15 is 0 Å². The van der Waals surface area contributed by atoms with Gasteiger partial charge in [0.25, 0.3) is 0 Å². The van der Waals surface area contributed by atoms with Gasteiger partial charge in [0.15, 0.2) is 0 Å². The van der Waals surface area contributed by atoms with Gasteiger partial charge in [-0.05, 0) is 68.5 Å². The predicted octanol–water partition coefficient (Wildman–Crippen LogP) is 3.21. The molecule has 1 aromatic carbocycles. The lowest BCUT2D eigenvalue weighted by molar-refractivity contribution is -0.137. The van der Waals surface area contributed by atoms with Crippen LogP contribution in [0.2, 0.25) is 0 Å². The van der Waals surface area contributed by atoms with E-state index in [2.05, 4.69) is 4.90 Å². The molecule has 4 heteroatoms. The third kappa shape index (κ3) is 4.30. The van der Waals surface area contributed by atoms with E-state index in [1.807, 2.05) is 13.0 Å². The lowest BCUT2D eigenvalue weighted by Crippen LogP contribution is -2.33. The number of likely N-dealkylation sites (tertiary alicyclic amines) is 1. The van der Waals surface area contributed by atoms with E-state index in [1.54, 1.807) is 6.07 Å². The Bertz CT molecular complexity index is 468. The number of nitrogens with zero attached hydrogens (tertiary/aromatic N) is 1. The third-order valence-electron chi connectivity index (χ3n) is 4.17. The van der Waals surface area contributed by atoms with Crippen molar-refractivity contribution in [1.29, 1.82) is 0 Å². The molecule has 1 aliphatic heterocycles. The summed E-state index contributed by atoms with van der Waals surface area (Å²) >= 11 is 0. The average molecular weight is 279 g/mol. The van der Waals surface area contributed by atoms with Crippen molar-refractivity contribution in [2.75, 3.05) is 13.1 Å². The summed E-state index contributed by atoms with van der Waals surface area (Å²) in [6.07, 6.45) is 3.20. The summed E-state index contributed by atoms with van der Waals surface area (Å²) in [5, 5.41) is 8.70. The summed E-state index contributed by atoms with van der Waals surface area (Å²) in [5.41, 5.74) is 2.17. The summed E-state index contributed by atoms with van der Waals surface area (Å²) < 4.78 is 13.1. The van der Waals surface area contributed by atoms with Crippen molar-refractivity contribution in [3.8, 4) is 0 Å². The van der Waals surface area contributed by atoms with E-state index in [-0.39, 0.29) is 12.2 Å². The molecule has 0 aliphatic carbocycles. The number of halogens is 1. The molecular weight excluding hydrogens is 257 g/mol. The summed E-state index contributed by atoms with van der Waals surface area (Å²) in [5.74, 6) is -0.343. The van der Waals surface area contributed by atoms with Crippen molar-refractivity contribution < 1.29 is 14.3 Å². The van der Waals surface area contributed by atoms with Crippen LogP contribution in [0, 0.1) is 18.7 Å². The van der Waals surface area contributed by atoms with Crippen LogP contribution in [-0.4, -0.2) is 29.1 Å². The van der Waals surface area contributed by atoms with Gasteiger partial charge in [-0.25, -0.2) is 4.39 Å². The van der Waals surface area contributed by atoms with Crippen LogP contribution in [0.25, 0.3) is 0 Å². The van der Waals surface area contributed by atoms with Gasteiger partial charge in [0.1, 0.15) is 5.82 Å². The molecule has 0 amide bonds. The number of benzene rings is 1. The van der Waals surface area contributed by atoms with E-state index in [0.29, 0.717) is 5.92 Å². The van der Waals surface area contributed by atoms with Crippen LogP contribution in [-0.2, 0) is 11.3 Å². The van der Waals surface area contributed by atoms with Gasteiger partial charge >= 0.3 is 5.97 Å². The lowest BCUT2D eigenvalue weighted by Gasteiger charge is -2.32. The summed E-state index contributed by atoms with van der Waals surface area (Å²) in [6.45, 7) is 4.80. The Labute approximate surface area is 119 Å². The number of aryl methyl sites for hydroxylation is 1. The molecule has 1 heterocycles. The van der Waals surface area contributed by atoms with Gasteiger partial charge in [-0.15, -0.1) is 0 Å². The monoisotopic (exact) mass is 279 g/mol. The highest BCUT2D eigenvalue weighted by Gasteiger charge is 2.20. The molecule has 0 bridgehead atoms. The Morgan fingerprint density at radius 3 is 2.70 bits per heavy atom. The van der Waals surface area contributed by atoms with Crippen molar-refractivity contribution in [2.45, 2.75) is 39.2 Å². The van der Waals surface area contributed by atoms with Crippen molar-refractivity contribution in [3.63, 3.8) is 0 Å². The highest BCUT2D eigenvalue weighted by molar-refractivity contribution is 5.66. The second kappa shape index (κ2) is 6.84. The highest BCUT2D eigenvalue weighted by Crippen LogP contribution is 2.23. The van der Waals surface area contributed by atoms with Crippen LogP contribution >= 0.6 is 0 Å². The molecule has 0 spiro atoms. The largest absolute Gasteiger partial charge is 0.481 e. The first-order valence-electron chi connectivity index (χ1n) is 7.24. The van der Waals surface area contributed by atoms with Crippen LogP contribution in [0.3, 0.4) is 0 Å². The third-order valence-corrected chi connectivity index (χ3v) is 4.17. The summed E-state index contributed by atoms with van der Waals surface area (Å²) in [6, 6.07) is 4.96. The molecule has 0 aromatic heterocycles. The van der Waals surface area contributed by atoms with Gasteiger partial charge in [0.2, 0.25) is 0 Å². The highest BCUT2D eigenvalue weighted by atomic mass is 19.1. The number of carboxylic acid groups (broad SMARTS) is 1. The van der Waals surface area contributed by atoms with Crippen molar-refractivity contribution in [2.24, 2.45) is 5.92 Å². The predicted molar refractivity (Wildman–Crippen MR) is 76.0 cm³/mol. The number of rotatable bonds is 5. The van der Waals surface area contributed by atoms with Crippen LogP contribution in [0.4, 0.5) is 4.39 Å². The van der Waals surface area contributed by atoms with Crippen LogP contribution in [0.5, 0.6) is 0 Å². The molecule has 1 aromatic rings. The Balaban J connectivity index is 1.80. The minimum atomic E-state index is -0.700. The second-order valence-electron chi connectivity index (χ2n) is 5.72. The Morgan fingerprint density at radius 2 is 2.10 bits per heavy atom. The van der Waals surface area contributed by atoms with Gasteiger partial charge in [-0.2, -0.15) is 0 Å². The Kier molecular flexibility index (Phi) is 5.12. The van der Waals surface area contributed by atoms with E-state index in [9.17, 15) is 9.18 Å². The quantitative estimate of drug-likeness (QED) is 0.899. The van der Waals surface area contributed by atoms with Crippen molar-refractivity contribution in [3.05, 3.63) is 35.1 Å². The molecule has 1 fully saturated rings. The molecule has 0 saturated carbocycles. The molecule has 0 radical (unpaired) electrons. The van der Waals surface area contributed by atoms with Gasteiger partial charge in [0.05, 0.1) is 0 Å². The van der Waals surface area contributed by atoms with Crippen LogP contribution in [0.1, 0.15) is 36.8 Å². The van der Waals surface area contributed by atoms with Crippen LogP contribution in [0.15, 0.2) is 18.2 Å². The number of piperidine rings is 1. The normalized spacial score (nSPS) is 17.3. The zero-order chi connectivity index (χ0) is 14.5. The molecule has 3 nitrogen and oxygen atoms in total. The summed E-state index contributed by atoms with van der Waals surface area (Å²) in [7, 11) is 0. The van der Waals surface area contributed by atoms with Crippen molar-refractivity contribution in [1.82, 2.24) is 4.90 Å². The number of carbonyl (C=O) groups is 1. The van der Waals surface area contributed by atoms with E-state index in [0.717, 1.165) is 44.5 Å². The molecule has 0 atom stereocenters. The van der Waals surface area contributed by atoms with E-state index < -0.39 is 5.97 Å². The van der Waals surface area contributed by atoms with Gasteiger partial charge in [-0.1, -0.05) is 6.07 Å². The first-order chi connectivity index (χ1) is 9.54. The molecule has 1 saturated heterocycles. The molecule has 110 valence electrons. The SMILES string of the molecule is Cc1cc(F)ccc1CN1CCC(CCC(=O)O)CC1. The molecule has 20 heavy (non-hydrogen) atoms. The smallest absolute Gasteiger partial charge is 0.303 e.